The van der Waals surface area contributed by atoms with Crippen LogP contribution in [0.25, 0.3) is 22.0 Å². The molecule has 18 heavy (non-hydrogen) atoms. The minimum atomic E-state index is 0.803. The van der Waals surface area contributed by atoms with Crippen LogP contribution in [0.2, 0.25) is 0 Å². The summed E-state index contributed by atoms with van der Waals surface area (Å²) in [6.45, 7) is 2.08. The lowest BCUT2D eigenvalue weighted by Crippen LogP contribution is -1.92. The Kier molecular flexibility index (Phi) is 2.49. The molecule has 0 unspecified atom stereocenters. The number of pyridine rings is 1. The molecule has 0 atom stereocenters. The number of hydrogen-bond acceptors (Lipinski definition) is 2. The summed E-state index contributed by atoms with van der Waals surface area (Å²) < 4.78 is 0. The highest BCUT2D eigenvalue weighted by atomic mass is 14.6. The van der Waals surface area contributed by atoms with Gasteiger partial charge >= 0.3 is 0 Å². The van der Waals surface area contributed by atoms with Crippen LogP contribution in [-0.4, -0.2) is 4.98 Å². The van der Waals surface area contributed by atoms with Gasteiger partial charge in [0.2, 0.25) is 0 Å². The Balaban J connectivity index is 2.35. The highest BCUT2D eigenvalue weighted by Gasteiger charge is 2.07. The number of aromatic nitrogens is 1. The quantitative estimate of drug-likeness (QED) is 0.650. The maximum absolute atomic E-state index is 6.09. The molecule has 0 spiro atoms. The number of nitrogens with zero attached hydrogens (tertiary/aromatic N) is 1. The van der Waals surface area contributed by atoms with Crippen molar-refractivity contribution in [3.8, 4) is 11.1 Å². The van der Waals surface area contributed by atoms with Crippen molar-refractivity contribution in [1.82, 2.24) is 4.98 Å². The zero-order valence-electron chi connectivity index (χ0n) is 10.2. The summed E-state index contributed by atoms with van der Waals surface area (Å²) in [5.74, 6) is 0. The van der Waals surface area contributed by atoms with Gasteiger partial charge in [-0.2, -0.15) is 0 Å². The summed E-state index contributed by atoms with van der Waals surface area (Å²) in [5, 5.41) is 1.14. The number of fused-ring (bicyclic) bond motifs is 1. The average molecular weight is 234 g/mol. The highest BCUT2D eigenvalue weighted by Crippen LogP contribution is 2.32. The molecule has 0 saturated heterocycles. The molecule has 3 rings (SSSR count). The van der Waals surface area contributed by atoms with Gasteiger partial charge in [0.1, 0.15) is 0 Å². The average Bonchev–Trinajstić information content (AvgIpc) is 2.41. The first-order valence-electron chi connectivity index (χ1n) is 5.96. The second kappa shape index (κ2) is 4.15. The van der Waals surface area contributed by atoms with Gasteiger partial charge in [0.15, 0.2) is 0 Å². The minimum absolute atomic E-state index is 0.803. The molecular weight excluding hydrogens is 220 g/mol. The van der Waals surface area contributed by atoms with Crippen molar-refractivity contribution >= 4 is 16.6 Å². The van der Waals surface area contributed by atoms with E-state index in [0.29, 0.717) is 0 Å². The maximum Gasteiger partial charge on any atom is 0.0708 e. The van der Waals surface area contributed by atoms with Crippen LogP contribution in [0.1, 0.15) is 5.56 Å². The summed E-state index contributed by atoms with van der Waals surface area (Å²) >= 11 is 0. The van der Waals surface area contributed by atoms with Gasteiger partial charge in [0.25, 0.3) is 0 Å². The summed E-state index contributed by atoms with van der Waals surface area (Å²) in [6.07, 6.45) is 1.81. The van der Waals surface area contributed by atoms with Crippen molar-refractivity contribution < 1.29 is 0 Å². The molecule has 2 nitrogen and oxygen atoms in total. The highest BCUT2D eigenvalue weighted by molar-refractivity contribution is 5.97. The van der Waals surface area contributed by atoms with E-state index in [1.165, 1.54) is 5.56 Å². The van der Waals surface area contributed by atoms with Gasteiger partial charge in [-0.1, -0.05) is 29.8 Å². The number of benzene rings is 2. The molecule has 2 N–H and O–H groups in total. The predicted molar refractivity (Wildman–Crippen MR) is 76.3 cm³/mol. The number of hydrogen-bond donors (Lipinski definition) is 1. The van der Waals surface area contributed by atoms with Crippen LogP contribution in [0.5, 0.6) is 0 Å². The monoisotopic (exact) mass is 234 g/mol. The third-order valence-electron chi connectivity index (χ3n) is 3.14. The molecule has 3 aromatic rings. The van der Waals surface area contributed by atoms with E-state index in [-0.39, 0.29) is 0 Å². The normalized spacial score (nSPS) is 10.7. The number of rotatable bonds is 1. The van der Waals surface area contributed by atoms with E-state index in [4.69, 9.17) is 5.73 Å². The second-order valence-electron chi connectivity index (χ2n) is 4.47. The van der Waals surface area contributed by atoms with Crippen molar-refractivity contribution in [2.45, 2.75) is 6.92 Å². The fourth-order valence-corrected chi connectivity index (χ4v) is 2.24. The third kappa shape index (κ3) is 1.72. The number of nitrogen functional groups attached to an aromatic ring is 1. The SMILES string of the molecule is Cc1ccc(N)c(-c2cccc3ncccc23)c1. The van der Waals surface area contributed by atoms with Gasteiger partial charge in [-0.3, -0.25) is 4.98 Å². The lowest BCUT2D eigenvalue weighted by atomic mass is 9.98. The molecule has 1 aromatic heterocycles. The van der Waals surface area contributed by atoms with E-state index < -0.39 is 0 Å². The zero-order chi connectivity index (χ0) is 12.5. The predicted octanol–water partition coefficient (Wildman–Crippen LogP) is 3.79. The molecule has 0 amide bonds. The largest absolute Gasteiger partial charge is 0.398 e. The summed E-state index contributed by atoms with van der Waals surface area (Å²) in [4.78, 5) is 4.38. The summed E-state index contributed by atoms with van der Waals surface area (Å²) in [5.41, 5.74) is 11.3. The Hall–Kier alpha value is -2.35. The Morgan fingerprint density at radius 3 is 2.72 bits per heavy atom. The molecule has 0 aliphatic carbocycles. The van der Waals surface area contributed by atoms with Crippen molar-refractivity contribution in [3.63, 3.8) is 0 Å². The van der Waals surface area contributed by atoms with Crippen molar-refractivity contribution in [2.24, 2.45) is 0 Å². The number of aryl methyl sites for hydroxylation is 1. The molecule has 2 aromatic carbocycles. The first-order valence-corrected chi connectivity index (χ1v) is 5.96. The standard InChI is InChI=1S/C16H14N2/c1-11-7-8-15(17)14(10-11)12-4-2-6-16-13(12)5-3-9-18-16/h2-10H,17H2,1H3. The van der Waals surface area contributed by atoms with Gasteiger partial charge in [-0.15, -0.1) is 0 Å². The molecule has 0 aliphatic heterocycles. The molecule has 0 bridgehead atoms. The number of nitrogens with two attached hydrogens (primary N) is 1. The second-order valence-corrected chi connectivity index (χ2v) is 4.47. The van der Waals surface area contributed by atoms with E-state index >= 15 is 0 Å². The fraction of sp³-hybridized carbons (Fsp3) is 0.0625. The lowest BCUT2D eigenvalue weighted by Gasteiger charge is -2.10. The van der Waals surface area contributed by atoms with Gasteiger partial charge < -0.3 is 5.73 Å². The Morgan fingerprint density at radius 2 is 1.83 bits per heavy atom. The number of anilines is 1. The van der Waals surface area contributed by atoms with Crippen molar-refractivity contribution in [3.05, 3.63) is 60.3 Å². The van der Waals surface area contributed by atoms with E-state index in [1.54, 1.807) is 0 Å². The molecule has 1 heterocycles. The Morgan fingerprint density at radius 1 is 0.944 bits per heavy atom. The lowest BCUT2D eigenvalue weighted by molar-refractivity contribution is 1.41. The van der Waals surface area contributed by atoms with E-state index in [0.717, 1.165) is 27.7 Å². The Labute approximate surface area is 106 Å². The maximum atomic E-state index is 6.09. The first kappa shape index (κ1) is 10.8. The van der Waals surface area contributed by atoms with Crippen molar-refractivity contribution in [1.29, 1.82) is 0 Å². The van der Waals surface area contributed by atoms with E-state index in [1.807, 2.05) is 36.5 Å². The smallest absolute Gasteiger partial charge is 0.0708 e. The molecule has 0 aliphatic rings. The molecular formula is C16H14N2. The van der Waals surface area contributed by atoms with Gasteiger partial charge in [0.05, 0.1) is 5.52 Å². The third-order valence-corrected chi connectivity index (χ3v) is 3.14. The Bertz CT molecular complexity index is 712. The van der Waals surface area contributed by atoms with Crippen LogP contribution in [0.4, 0.5) is 5.69 Å². The first-order chi connectivity index (χ1) is 8.75. The van der Waals surface area contributed by atoms with Gasteiger partial charge in [-0.25, -0.2) is 0 Å². The van der Waals surface area contributed by atoms with Crippen LogP contribution in [-0.2, 0) is 0 Å². The molecule has 0 radical (unpaired) electrons. The van der Waals surface area contributed by atoms with Crippen LogP contribution in [0, 0.1) is 6.92 Å². The minimum Gasteiger partial charge on any atom is -0.398 e. The van der Waals surface area contributed by atoms with E-state index in [9.17, 15) is 0 Å². The van der Waals surface area contributed by atoms with Gasteiger partial charge in [0, 0.05) is 22.8 Å². The van der Waals surface area contributed by atoms with E-state index in [2.05, 4.69) is 30.1 Å². The zero-order valence-corrected chi connectivity index (χ0v) is 10.2. The fourth-order valence-electron chi connectivity index (χ4n) is 2.24. The summed E-state index contributed by atoms with van der Waals surface area (Å²) in [6, 6.07) is 16.3. The van der Waals surface area contributed by atoms with Crippen LogP contribution < -0.4 is 5.73 Å². The summed E-state index contributed by atoms with van der Waals surface area (Å²) in [7, 11) is 0. The van der Waals surface area contributed by atoms with Gasteiger partial charge in [-0.05, 0) is 36.8 Å². The van der Waals surface area contributed by atoms with Crippen molar-refractivity contribution in [2.75, 3.05) is 5.73 Å². The molecule has 0 saturated carbocycles. The van der Waals surface area contributed by atoms with Crippen LogP contribution in [0.15, 0.2) is 54.7 Å². The van der Waals surface area contributed by atoms with Crippen LogP contribution in [0.3, 0.4) is 0 Å². The topological polar surface area (TPSA) is 38.9 Å². The molecule has 0 fully saturated rings. The molecule has 2 heteroatoms. The molecule has 88 valence electrons. The van der Waals surface area contributed by atoms with Crippen LogP contribution >= 0.6 is 0 Å².